The highest BCUT2D eigenvalue weighted by Crippen LogP contribution is 2.16. The van der Waals surface area contributed by atoms with Gasteiger partial charge >= 0.3 is 0 Å². The van der Waals surface area contributed by atoms with E-state index in [0.717, 1.165) is 37.5 Å². The topological polar surface area (TPSA) is 45.5 Å². The van der Waals surface area contributed by atoms with Crippen LogP contribution < -0.4 is 5.32 Å². The molecule has 5 heteroatoms. The van der Waals surface area contributed by atoms with E-state index >= 15 is 0 Å². The summed E-state index contributed by atoms with van der Waals surface area (Å²) in [5.41, 5.74) is 1.18. The van der Waals surface area contributed by atoms with Crippen LogP contribution in [0.1, 0.15) is 29.0 Å². The largest absolute Gasteiger partial charge is 0.459 e. The van der Waals surface area contributed by atoms with Crippen LogP contribution >= 0.6 is 11.6 Å². The van der Waals surface area contributed by atoms with E-state index in [2.05, 4.69) is 11.4 Å². The fourth-order valence-corrected chi connectivity index (χ4v) is 2.96. The van der Waals surface area contributed by atoms with Gasteiger partial charge in [-0.15, -0.1) is 0 Å². The van der Waals surface area contributed by atoms with Gasteiger partial charge in [-0.2, -0.15) is 0 Å². The Morgan fingerprint density at radius 1 is 1.27 bits per heavy atom. The van der Waals surface area contributed by atoms with E-state index in [0.29, 0.717) is 11.8 Å². The Hall–Kier alpha value is -1.78. The molecule has 0 bridgehead atoms. The van der Waals surface area contributed by atoms with E-state index < -0.39 is 0 Å². The molecule has 3 rings (SSSR count). The van der Waals surface area contributed by atoms with E-state index in [1.807, 2.05) is 23.1 Å². The molecule has 0 aliphatic carbocycles. The van der Waals surface area contributed by atoms with Gasteiger partial charge in [-0.3, -0.25) is 4.79 Å². The molecule has 0 unspecified atom stereocenters. The number of furan rings is 1. The van der Waals surface area contributed by atoms with Crippen molar-refractivity contribution in [1.29, 1.82) is 0 Å². The first-order valence-electron chi connectivity index (χ1n) is 7.53. The number of likely N-dealkylation sites (tertiary alicyclic amines) is 1. The predicted octanol–water partition coefficient (Wildman–Crippen LogP) is 3.33. The number of carbonyl (C=O) groups is 1. The maximum atomic E-state index is 12.2. The van der Waals surface area contributed by atoms with Crippen molar-refractivity contribution in [3.63, 3.8) is 0 Å². The number of piperidine rings is 1. The highest BCUT2D eigenvalue weighted by Gasteiger charge is 2.24. The summed E-state index contributed by atoms with van der Waals surface area (Å²) in [7, 11) is 0. The number of halogens is 1. The number of hydrogen-bond acceptors (Lipinski definition) is 3. The van der Waals surface area contributed by atoms with Crippen LogP contribution in [0.4, 0.5) is 0 Å². The molecule has 1 N–H and O–H groups in total. The number of nitrogens with zero attached hydrogens (tertiary/aromatic N) is 1. The van der Waals surface area contributed by atoms with E-state index in [9.17, 15) is 4.79 Å². The minimum atomic E-state index is -0.0155. The van der Waals surface area contributed by atoms with Crippen molar-refractivity contribution in [2.45, 2.75) is 25.4 Å². The van der Waals surface area contributed by atoms with Gasteiger partial charge in [0.25, 0.3) is 5.91 Å². The first kappa shape index (κ1) is 15.1. The van der Waals surface area contributed by atoms with Crippen LogP contribution in [0.15, 0.2) is 47.1 Å². The quantitative estimate of drug-likeness (QED) is 0.940. The first-order valence-corrected chi connectivity index (χ1v) is 7.91. The fraction of sp³-hybridized carbons (Fsp3) is 0.353. The Morgan fingerprint density at radius 2 is 2.09 bits per heavy atom. The van der Waals surface area contributed by atoms with Crippen LogP contribution in [0.3, 0.4) is 0 Å². The lowest BCUT2D eigenvalue weighted by Gasteiger charge is -2.32. The van der Waals surface area contributed by atoms with Crippen LogP contribution in [0.2, 0.25) is 5.02 Å². The Balaban J connectivity index is 1.47. The molecular formula is C17H19ClN2O2. The third-order valence-electron chi connectivity index (χ3n) is 4.00. The molecule has 1 fully saturated rings. The maximum Gasteiger partial charge on any atom is 0.289 e. The number of benzene rings is 1. The molecular weight excluding hydrogens is 300 g/mol. The van der Waals surface area contributed by atoms with Crippen LogP contribution in [-0.4, -0.2) is 29.9 Å². The van der Waals surface area contributed by atoms with Crippen molar-refractivity contribution in [2.75, 3.05) is 13.1 Å². The minimum Gasteiger partial charge on any atom is -0.459 e. The molecule has 4 nitrogen and oxygen atoms in total. The van der Waals surface area contributed by atoms with Gasteiger partial charge in [-0.25, -0.2) is 0 Å². The summed E-state index contributed by atoms with van der Waals surface area (Å²) < 4.78 is 5.17. The average molecular weight is 319 g/mol. The van der Waals surface area contributed by atoms with Gasteiger partial charge in [-0.05, 0) is 42.7 Å². The van der Waals surface area contributed by atoms with Crippen molar-refractivity contribution in [3.05, 3.63) is 59.0 Å². The fourth-order valence-electron chi connectivity index (χ4n) is 2.75. The van der Waals surface area contributed by atoms with Gasteiger partial charge in [-0.1, -0.05) is 23.7 Å². The molecule has 1 aromatic carbocycles. The molecule has 2 aromatic rings. The summed E-state index contributed by atoms with van der Waals surface area (Å²) in [5.74, 6) is 0.406. The molecule has 1 amide bonds. The van der Waals surface area contributed by atoms with Crippen LogP contribution in [0, 0.1) is 0 Å². The highest BCUT2D eigenvalue weighted by molar-refractivity contribution is 6.30. The van der Waals surface area contributed by atoms with E-state index in [4.69, 9.17) is 16.0 Å². The lowest BCUT2D eigenvalue weighted by molar-refractivity contribution is 0.0672. The molecule has 1 saturated heterocycles. The monoisotopic (exact) mass is 318 g/mol. The van der Waals surface area contributed by atoms with Crippen molar-refractivity contribution in [3.8, 4) is 0 Å². The second-order valence-corrected chi connectivity index (χ2v) is 5.99. The number of hydrogen-bond donors (Lipinski definition) is 1. The molecule has 22 heavy (non-hydrogen) atoms. The molecule has 1 aliphatic rings. The smallest absolute Gasteiger partial charge is 0.289 e. The average Bonchev–Trinajstić information content (AvgIpc) is 3.07. The van der Waals surface area contributed by atoms with Crippen LogP contribution in [0.5, 0.6) is 0 Å². The molecule has 0 atom stereocenters. The Kier molecular flexibility index (Phi) is 4.80. The number of amides is 1. The first-order chi connectivity index (χ1) is 10.7. The molecule has 2 heterocycles. The van der Waals surface area contributed by atoms with Gasteiger partial charge in [0.2, 0.25) is 0 Å². The van der Waals surface area contributed by atoms with E-state index in [1.54, 1.807) is 12.1 Å². The van der Waals surface area contributed by atoms with Gasteiger partial charge in [0.1, 0.15) is 0 Å². The SMILES string of the molecule is O=C(c1ccco1)N1CCC(NCc2cccc(Cl)c2)CC1. The van der Waals surface area contributed by atoms with Gasteiger partial charge in [0, 0.05) is 30.7 Å². The molecule has 0 spiro atoms. The number of carbonyl (C=O) groups excluding carboxylic acids is 1. The summed E-state index contributed by atoms with van der Waals surface area (Å²) in [6.45, 7) is 2.32. The molecule has 1 aliphatic heterocycles. The lowest BCUT2D eigenvalue weighted by atomic mass is 10.0. The number of rotatable bonds is 4. The summed E-state index contributed by atoms with van der Waals surface area (Å²) in [6, 6.07) is 11.8. The maximum absolute atomic E-state index is 12.2. The molecule has 1 aromatic heterocycles. The van der Waals surface area contributed by atoms with Crippen LogP contribution in [-0.2, 0) is 6.54 Å². The zero-order valence-corrected chi connectivity index (χ0v) is 13.1. The molecule has 116 valence electrons. The Labute approximate surface area is 135 Å². The van der Waals surface area contributed by atoms with Gasteiger partial charge in [0.15, 0.2) is 5.76 Å². The Morgan fingerprint density at radius 3 is 2.77 bits per heavy atom. The van der Waals surface area contributed by atoms with E-state index in [1.165, 1.54) is 11.8 Å². The predicted molar refractivity (Wildman–Crippen MR) is 85.9 cm³/mol. The normalized spacial score (nSPS) is 16.0. The Bertz CT molecular complexity index is 619. The molecule has 0 radical (unpaired) electrons. The third kappa shape index (κ3) is 3.70. The van der Waals surface area contributed by atoms with Crippen molar-refractivity contribution in [2.24, 2.45) is 0 Å². The summed E-state index contributed by atoms with van der Waals surface area (Å²) in [4.78, 5) is 14.0. The van der Waals surface area contributed by atoms with Crippen molar-refractivity contribution in [1.82, 2.24) is 10.2 Å². The second kappa shape index (κ2) is 6.99. The van der Waals surface area contributed by atoms with Crippen molar-refractivity contribution < 1.29 is 9.21 Å². The lowest BCUT2D eigenvalue weighted by Crippen LogP contribution is -2.44. The second-order valence-electron chi connectivity index (χ2n) is 5.55. The zero-order chi connectivity index (χ0) is 15.4. The minimum absolute atomic E-state index is 0.0155. The highest BCUT2D eigenvalue weighted by atomic mass is 35.5. The zero-order valence-electron chi connectivity index (χ0n) is 12.3. The summed E-state index contributed by atoms with van der Waals surface area (Å²) in [5, 5.41) is 4.30. The summed E-state index contributed by atoms with van der Waals surface area (Å²) in [6.07, 6.45) is 3.44. The third-order valence-corrected chi connectivity index (χ3v) is 4.23. The number of nitrogens with one attached hydrogen (secondary N) is 1. The van der Waals surface area contributed by atoms with Crippen LogP contribution in [0.25, 0.3) is 0 Å². The van der Waals surface area contributed by atoms with Gasteiger partial charge < -0.3 is 14.6 Å². The van der Waals surface area contributed by atoms with E-state index in [-0.39, 0.29) is 5.91 Å². The molecule has 0 saturated carbocycles. The standard InChI is InChI=1S/C17H19ClN2O2/c18-14-4-1-3-13(11-14)12-19-15-6-8-20(9-7-15)17(21)16-5-2-10-22-16/h1-5,10-11,15,19H,6-9,12H2. The summed E-state index contributed by atoms with van der Waals surface area (Å²) >= 11 is 5.99. The van der Waals surface area contributed by atoms with Crippen molar-refractivity contribution >= 4 is 17.5 Å². The van der Waals surface area contributed by atoms with Gasteiger partial charge in [0.05, 0.1) is 6.26 Å².